The molecular formula is C24H30N2O4. The van der Waals surface area contributed by atoms with Crippen LogP contribution in [0.4, 0.5) is 0 Å². The van der Waals surface area contributed by atoms with Crippen molar-refractivity contribution in [3.05, 3.63) is 41.4 Å². The molecule has 1 aliphatic heterocycles. The van der Waals surface area contributed by atoms with Crippen molar-refractivity contribution in [3.63, 3.8) is 0 Å². The van der Waals surface area contributed by atoms with Crippen LogP contribution < -0.4 is 0 Å². The molecular weight excluding hydrogens is 380 g/mol. The summed E-state index contributed by atoms with van der Waals surface area (Å²) >= 11 is 0. The number of rotatable bonds is 5. The van der Waals surface area contributed by atoms with Gasteiger partial charge in [-0.15, -0.1) is 0 Å². The zero-order chi connectivity index (χ0) is 21.1. The van der Waals surface area contributed by atoms with Crippen LogP contribution in [0.1, 0.15) is 76.8 Å². The summed E-state index contributed by atoms with van der Waals surface area (Å²) < 4.78 is 11.7. The summed E-state index contributed by atoms with van der Waals surface area (Å²) in [6, 6.07) is 5.56. The van der Waals surface area contributed by atoms with Crippen LogP contribution in [0.25, 0.3) is 0 Å². The fourth-order valence-corrected chi connectivity index (χ4v) is 4.95. The SMILES string of the molecule is CC1=NC(C)=C(C(=O)OC2CCCC2)C(c2ccccn2)C1C(=O)OC1CCCC1. The smallest absolute Gasteiger partial charge is 0.336 e. The first-order valence-electron chi connectivity index (χ1n) is 11.1. The molecule has 1 aromatic heterocycles. The van der Waals surface area contributed by atoms with Crippen LogP contribution in [-0.4, -0.2) is 34.8 Å². The third kappa shape index (κ3) is 4.32. The lowest BCUT2D eigenvalue weighted by atomic mass is 9.77. The summed E-state index contributed by atoms with van der Waals surface area (Å²) in [5, 5.41) is 0. The van der Waals surface area contributed by atoms with E-state index in [4.69, 9.17) is 9.47 Å². The number of nitrogens with zero attached hydrogens (tertiary/aromatic N) is 2. The van der Waals surface area contributed by atoms with E-state index in [1.165, 1.54) is 0 Å². The van der Waals surface area contributed by atoms with E-state index < -0.39 is 11.8 Å². The lowest BCUT2D eigenvalue weighted by Crippen LogP contribution is -2.38. The Labute approximate surface area is 177 Å². The minimum absolute atomic E-state index is 0.0458. The highest BCUT2D eigenvalue weighted by Gasteiger charge is 2.44. The molecule has 0 amide bonds. The van der Waals surface area contributed by atoms with Gasteiger partial charge in [-0.25, -0.2) is 4.79 Å². The van der Waals surface area contributed by atoms with Gasteiger partial charge in [0.15, 0.2) is 0 Å². The van der Waals surface area contributed by atoms with E-state index in [1.807, 2.05) is 32.0 Å². The van der Waals surface area contributed by atoms with E-state index in [1.54, 1.807) is 6.20 Å². The summed E-state index contributed by atoms with van der Waals surface area (Å²) in [6.45, 7) is 3.64. The van der Waals surface area contributed by atoms with Crippen molar-refractivity contribution in [2.45, 2.75) is 83.3 Å². The van der Waals surface area contributed by atoms with Crippen LogP contribution in [0.15, 0.2) is 40.7 Å². The first-order valence-corrected chi connectivity index (χ1v) is 11.1. The van der Waals surface area contributed by atoms with Crippen molar-refractivity contribution in [2.24, 2.45) is 10.9 Å². The van der Waals surface area contributed by atoms with Gasteiger partial charge in [0, 0.05) is 23.3 Å². The van der Waals surface area contributed by atoms with Crippen LogP contribution in [0.5, 0.6) is 0 Å². The fraction of sp³-hybridized carbons (Fsp3) is 0.583. The first kappa shape index (κ1) is 20.8. The van der Waals surface area contributed by atoms with E-state index in [9.17, 15) is 9.59 Å². The Hall–Kier alpha value is -2.50. The average Bonchev–Trinajstić information content (AvgIpc) is 3.42. The summed E-state index contributed by atoms with van der Waals surface area (Å²) in [5.41, 5.74) is 2.34. The Morgan fingerprint density at radius 2 is 1.57 bits per heavy atom. The van der Waals surface area contributed by atoms with Gasteiger partial charge in [0.05, 0.1) is 11.5 Å². The Kier molecular flexibility index (Phi) is 6.30. The fourth-order valence-electron chi connectivity index (χ4n) is 4.95. The molecule has 0 bridgehead atoms. The summed E-state index contributed by atoms with van der Waals surface area (Å²) in [5.74, 6) is -1.93. The third-order valence-electron chi connectivity index (χ3n) is 6.47. The molecule has 6 heteroatoms. The van der Waals surface area contributed by atoms with Crippen LogP contribution in [0, 0.1) is 5.92 Å². The number of hydrogen-bond donors (Lipinski definition) is 0. The van der Waals surface area contributed by atoms with Gasteiger partial charge in [0.2, 0.25) is 0 Å². The number of carbonyl (C=O) groups is 2. The van der Waals surface area contributed by atoms with Crippen LogP contribution in [0.2, 0.25) is 0 Å². The molecule has 2 aliphatic carbocycles. The first-order chi connectivity index (χ1) is 14.5. The van der Waals surface area contributed by atoms with Crippen molar-refractivity contribution in [1.82, 2.24) is 4.98 Å². The van der Waals surface area contributed by atoms with Crippen molar-refractivity contribution in [2.75, 3.05) is 0 Å². The van der Waals surface area contributed by atoms with E-state index in [0.29, 0.717) is 22.7 Å². The van der Waals surface area contributed by atoms with Gasteiger partial charge < -0.3 is 9.47 Å². The molecule has 3 aliphatic rings. The quantitative estimate of drug-likeness (QED) is 0.668. The van der Waals surface area contributed by atoms with E-state index in [2.05, 4.69) is 9.98 Å². The Balaban J connectivity index is 1.67. The Morgan fingerprint density at radius 1 is 0.933 bits per heavy atom. The Bertz CT molecular complexity index is 849. The van der Waals surface area contributed by atoms with Gasteiger partial charge in [-0.1, -0.05) is 6.07 Å². The van der Waals surface area contributed by atoms with Gasteiger partial charge in [0.1, 0.15) is 18.1 Å². The van der Waals surface area contributed by atoms with Crippen LogP contribution in [0.3, 0.4) is 0 Å². The number of hydrogen-bond acceptors (Lipinski definition) is 6. The molecule has 0 aromatic carbocycles. The molecule has 2 unspecified atom stereocenters. The van der Waals surface area contributed by atoms with Gasteiger partial charge in [-0.05, 0) is 77.3 Å². The molecule has 1 aromatic rings. The van der Waals surface area contributed by atoms with E-state index in [-0.39, 0.29) is 24.1 Å². The van der Waals surface area contributed by atoms with Gasteiger partial charge in [-0.3, -0.25) is 14.8 Å². The van der Waals surface area contributed by atoms with Crippen LogP contribution >= 0.6 is 0 Å². The maximum atomic E-state index is 13.3. The van der Waals surface area contributed by atoms with E-state index in [0.717, 1.165) is 51.4 Å². The zero-order valence-corrected chi connectivity index (χ0v) is 17.8. The van der Waals surface area contributed by atoms with Crippen molar-refractivity contribution >= 4 is 17.7 Å². The van der Waals surface area contributed by atoms with E-state index >= 15 is 0 Å². The molecule has 0 radical (unpaired) electrons. The molecule has 160 valence electrons. The number of pyridine rings is 1. The summed E-state index contributed by atoms with van der Waals surface area (Å²) in [4.78, 5) is 35.6. The molecule has 30 heavy (non-hydrogen) atoms. The largest absolute Gasteiger partial charge is 0.462 e. The lowest BCUT2D eigenvalue weighted by molar-refractivity contribution is -0.152. The molecule has 4 rings (SSSR count). The zero-order valence-electron chi connectivity index (χ0n) is 17.8. The molecule has 0 saturated heterocycles. The molecule has 2 saturated carbocycles. The number of ether oxygens (including phenoxy) is 2. The highest BCUT2D eigenvalue weighted by Crippen LogP contribution is 2.40. The minimum atomic E-state index is -0.671. The van der Waals surface area contributed by atoms with Crippen molar-refractivity contribution < 1.29 is 19.1 Å². The normalized spacial score (nSPS) is 25.3. The third-order valence-corrected chi connectivity index (χ3v) is 6.47. The second-order valence-electron chi connectivity index (χ2n) is 8.62. The number of allylic oxidation sites excluding steroid dienone is 1. The molecule has 0 spiro atoms. The maximum absolute atomic E-state index is 13.3. The second kappa shape index (κ2) is 9.11. The lowest BCUT2D eigenvalue weighted by Gasteiger charge is -2.32. The van der Waals surface area contributed by atoms with Gasteiger partial charge in [0.25, 0.3) is 0 Å². The predicted octanol–water partition coefficient (Wildman–Crippen LogP) is 4.50. The molecule has 0 N–H and O–H groups in total. The minimum Gasteiger partial charge on any atom is -0.462 e. The van der Waals surface area contributed by atoms with Crippen molar-refractivity contribution in [3.8, 4) is 0 Å². The number of aliphatic imine (C=N–C) groups is 1. The monoisotopic (exact) mass is 410 g/mol. The summed E-state index contributed by atoms with van der Waals surface area (Å²) in [7, 11) is 0. The van der Waals surface area contributed by atoms with Crippen molar-refractivity contribution in [1.29, 1.82) is 0 Å². The average molecular weight is 411 g/mol. The highest BCUT2D eigenvalue weighted by molar-refractivity contribution is 6.06. The maximum Gasteiger partial charge on any atom is 0.336 e. The topological polar surface area (TPSA) is 77.9 Å². The van der Waals surface area contributed by atoms with Gasteiger partial charge >= 0.3 is 11.9 Å². The molecule has 2 heterocycles. The molecule has 2 atom stereocenters. The standard InChI is InChI=1S/C24H30N2O4/c1-15-20(23(27)29-17-9-3-4-10-17)22(19-13-7-8-14-25-19)21(16(2)26-15)24(28)30-18-11-5-6-12-18/h7-8,13-14,17-18,20,22H,3-6,9-12H2,1-2H3. The second-order valence-corrected chi connectivity index (χ2v) is 8.62. The Morgan fingerprint density at radius 3 is 2.17 bits per heavy atom. The number of esters is 2. The number of aromatic nitrogens is 1. The highest BCUT2D eigenvalue weighted by atomic mass is 16.5. The number of carbonyl (C=O) groups excluding carboxylic acids is 2. The summed E-state index contributed by atoms with van der Waals surface area (Å²) in [6.07, 6.45) is 9.47. The van der Waals surface area contributed by atoms with Crippen LogP contribution in [-0.2, 0) is 19.1 Å². The molecule has 2 fully saturated rings. The molecule has 6 nitrogen and oxygen atoms in total. The predicted molar refractivity (Wildman–Crippen MR) is 113 cm³/mol. The van der Waals surface area contributed by atoms with Gasteiger partial charge in [-0.2, -0.15) is 0 Å².